The van der Waals surface area contributed by atoms with Gasteiger partial charge in [-0.05, 0) is 12.8 Å². The Balaban J connectivity index is 2.05. The van der Waals surface area contributed by atoms with Gasteiger partial charge in [-0.3, -0.25) is 19.3 Å². The van der Waals surface area contributed by atoms with Crippen molar-refractivity contribution in [1.29, 1.82) is 0 Å². The van der Waals surface area contributed by atoms with Crippen LogP contribution in [0.5, 0.6) is 0 Å². The number of amides is 2. The average molecular weight is 241 g/mol. The number of likely N-dealkylation sites (tertiary alicyclic amines) is 1. The second-order valence-electron chi connectivity index (χ2n) is 4.44. The number of carbonyl (C=O) groups is 3. The topological polar surface area (TPSA) is 83.9 Å². The van der Waals surface area contributed by atoms with Crippen LogP contribution in [-0.4, -0.2) is 47.0 Å². The van der Waals surface area contributed by atoms with Crippen LogP contribution in [0.1, 0.15) is 25.7 Å². The zero-order chi connectivity index (χ0) is 12.4. The minimum Gasteiger partial charge on any atom is -0.481 e. The number of carboxylic acids is 1. The standard InChI is InChI=1S/C11H15NO5/c13-9-5-7(6-10(14)15)11(16)12(9)8-1-3-17-4-2-8/h7-8H,1-6H2,(H,14,15). The van der Waals surface area contributed by atoms with Gasteiger partial charge in [0.1, 0.15) is 0 Å². The molecular weight excluding hydrogens is 226 g/mol. The summed E-state index contributed by atoms with van der Waals surface area (Å²) in [5, 5.41) is 8.67. The Morgan fingerprint density at radius 1 is 1.35 bits per heavy atom. The van der Waals surface area contributed by atoms with Gasteiger partial charge in [0.2, 0.25) is 11.8 Å². The molecule has 17 heavy (non-hydrogen) atoms. The molecule has 2 aliphatic heterocycles. The Morgan fingerprint density at radius 2 is 2.00 bits per heavy atom. The van der Waals surface area contributed by atoms with Gasteiger partial charge in [-0.2, -0.15) is 0 Å². The molecule has 0 aliphatic carbocycles. The van der Waals surface area contributed by atoms with Crippen LogP contribution in [0, 0.1) is 5.92 Å². The number of imide groups is 1. The average Bonchev–Trinajstić information content (AvgIpc) is 2.54. The quantitative estimate of drug-likeness (QED) is 0.704. The van der Waals surface area contributed by atoms with Crippen molar-refractivity contribution in [1.82, 2.24) is 4.90 Å². The fourth-order valence-electron chi connectivity index (χ4n) is 2.41. The van der Waals surface area contributed by atoms with E-state index in [0.717, 1.165) is 0 Å². The smallest absolute Gasteiger partial charge is 0.304 e. The number of hydrogen-bond acceptors (Lipinski definition) is 4. The third-order valence-corrected chi connectivity index (χ3v) is 3.25. The van der Waals surface area contributed by atoms with Crippen LogP contribution in [-0.2, 0) is 19.1 Å². The van der Waals surface area contributed by atoms with Crippen molar-refractivity contribution in [2.45, 2.75) is 31.7 Å². The summed E-state index contributed by atoms with van der Waals surface area (Å²) in [4.78, 5) is 35.5. The molecule has 0 aromatic rings. The van der Waals surface area contributed by atoms with Crippen molar-refractivity contribution >= 4 is 17.8 Å². The van der Waals surface area contributed by atoms with Crippen LogP contribution in [0.25, 0.3) is 0 Å². The minimum atomic E-state index is -1.04. The molecule has 2 fully saturated rings. The maximum Gasteiger partial charge on any atom is 0.304 e. The van der Waals surface area contributed by atoms with E-state index in [9.17, 15) is 14.4 Å². The molecule has 0 radical (unpaired) electrons. The monoisotopic (exact) mass is 241 g/mol. The lowest BCUT2D eigenvalue weighted by molar-refractivity contribution is -0.146. The first-order valence-electron chi connectivity index (χ1n) is 5.75. The molecular formula is C11H15NO5. The van der Waals surface area contributed by atoms with E-state index in [1.54, 1.807) is 0 Å². The molecule has 2 heterocycles. The zero-order valence-electron chi connectivity index (χ0n) is 9.42. The largest absolute Gasteiger partial charge is 0.481 e. The molecule has 1 N–H and O–H groups in total. The van der Waals surface area contributed by atoms with E-state index >= 15 is 0 Å². The molecule has 0 aromatic heterocycles. The maximum atomic E-state index is 12.0. The first-order chi connectivity index (χ1) is 8.09. The summed E-state index contributed by atoms with van der Waals surface area (Å²) >= 11 is 0. The fraction of sp³-hybridized carbons (Fsp3) is 0.727. The lowest BCUT2D eigenvalue weighted by Gasteiger charge is -2.29. The molecule has 0 bridgehead atoms. The first kappa shape index (κ1) is 12.0. The van der Waals surface area contributed by atoms with Gasteiger partial charge in [-0.25, -0.2) is 0 Å². The van der Waals surface area contributed by atoms with Gasteiger partial charge in [0, 0.05) is 25.7 Å². The molecule has 1 unspecified atom stereocenters. The highest BCUT2D eigenvalue weighted by molar-refractivity contribution is 6.04. The molecule has 0 aromatic carbocycles. The molecule has 94 valence electrons. The number of rotatable bonds is 3. The highest BCUT2D eigenvalue weighted by Crippen LogP contribution is 2.28. The normalized spacial score (nSPS) is 26.6. The van der Waals surface area contributed by atoms with E-state index in [0.29, 0.717) is 26.1 Å². The number of carboxylic acid groups (broad SMARTS) is 1. The molecule has 0 spiro atoms. The van der Waals surface area contributed by atoms with Crippen molar-refractivity contribution in [3.05, 3.63) is 0 Å². The van der Waals surface area contributed by atoms with Gasteiger partial charge < -0.3 is 9.84 Å². The molecule has 2 amide bonds. The number of ether oxygens (including phenoxy) is 1. The summed E-state index contributed by atoms with van der Waals surface area (Å²) in [7, 11) is 0. The number of carbonyl (C=O) groups excluding carboxylic acids is 2. The van der Waals surface area contributed by atoms with Gasteiger partial charge in [-0.1, -0.05) is 0 Å². The second kappa shape index (κ2) is 4.83. The Morgan fingerprint density at radius 3 is 2.59 bits per heavy atom. The van der Waals surface area contributed by atoms with E-state index in [1.165, 1.54) is 4.90 Å². The summed E-state index contributed by atoms with van der Waals surface area (Å²) in [6.45, 7) is 1.09. The second-order valence-corrected chi connectivity index (χ2v) is 4.44. The Bertz CT molecular complexity index is 348. The predicted octanol–water partition coefficient (Wildman–Crippen LogP) is 0.0152. The predicted molar refractivity (Wildman–Crippen MR) is 56.1 cm³/mol. The number of nitrogens with zero attached hydrogens (tertiary/aromatic N) is 1. The molecule has 6 heteroatoms. The third kappa shape index (κ3) is 2.46. The highest BCUT2D eigenvalue weighted by atomic mass is 16.5. The Kier molecular flexibility index (Phi) is 3.42. The van der Waals surface area contributed by atoms with Crippen molar-refractivity contribution < 1.29 is 24.2 Å². The van der Waals surface area contributed by atoms with Crippen molar-refractivity contribution in [2.24, 2.45) is 5.92 Å². The molecule has 2 saturated heterocycles. The number of hydrogen-bond donors (Lipinski definition) is 1. The maximum absolute atomic E-state index is 12.0. The molecule has 0 saturated carbocycles. The van der Waals surface area contributed by atoms with Crippen molar-refractivity contribution in [3.63, 3.8) is 0 Å². The summed E-state index contributed by atoms with van der Waals surface area (Å²) in [6, 6.07) is -0.109. The SMILES string of the molecule is O=C(O)CC1CC(=O)N(C2CCOCC2)C1=O. The number of aliphatic carboxylic acids is 1. The van der Waals surface area contributed by atoms with Crippen LogP contribution < -0.4 is 0 Å². The lowest BCUT2D eigenvalue weighted by Crippen LogP contribution is -2.43. The molecule has 2 aliphatic rings. The fourth-order valence-corrected chi connectivity index (χ4v) is 2.41. The summed E-state index contributed by atoms with van der Waals surface area (Å²) in [5.74, 6) is -2.29. The van der Waals surface area contributed by atoms with Gasteiger partial charge in [0.25, 0.3) is 0 Å². The van der Waals surface area contributed by atoms with Crippen LogP contribution in [0.4, 0.5) is 0 Å². The van der Waals surface area contributed by atoms with Crippen LogP contribution in [0.3, 0.4) is 0 Å². The van der Waals surface area contributed by atoms with Gasteiger partial charge in [-0.15, -0.1) is 0 Å². The van der Waals surface area contributed by atoms with E-state index in [2.05, 4.69) is 0 Å². The van der Waals surface area contributed by atoms with E-state index in [4.69, 9.17) is 9.84 Å². The molecule has 2 rings (SSSR count). The lowest BCUT2D eigenvalue weighted by atomic mass is 10.0. The van der Waals surface area contributed by atoms with Crippen LogP contribution in [0.15, 0.2) is 0 Å². The first-order valence-corrected chi connectivity index (χ1v) is 5.75. The third-order valence-electron chi connectivity index (χ3n) is 3.25. The van der Waals surface area contributed by atoms with Crippen LogP contribution in [0.2, 0.25) is 0 Å². The van der Waals surface area contributed by atoms with Crippen molar-refractivity contribution in [3.8, 4) is 0 Å². The summed E-state index contributed by atoms with van der Waals surface area (Å²) in [6.07, 6.45) is 1.07. The summed E-state index contributed by atoms with van der Waals surface area (Å²) in [5.41, 5.74) is 0. The van der Waals surface area contributed by atoms with Gasteiger partial charge >= 0.3 is 5.97 Å². The van der Waals surface area contributed by atoms with E-state index in [1.807, 2.05) is 0 Å². The van der Waals surface area contributed by atoms with E-state index in [-0.39, 0.29) is 30.7 Å². The van der Waals surface area contributed by atoms with Gasteiger partial charge in [0.15, 0.2) is 0 Å². The van der Waals surface area contributed by atoms with Crippen LogP contribution >= 0.6 is 0 Å². The van der Waals surface area contributed by atoms with Gasteiger partial charge in [0.05, 0.1) is 12.3 Å². The molecule has 6 nitrogen and oxygen atoms in total. The minimum absolute atomic E-state index is 0.0302. The highest BCUT2D eigenvalue weighted by Gasteiger charge is 2.43. The van der Waals surface area contributed by atoms with Crippen molar-refractivity contribution in [2.75, 3.05) is 13.2 Å². The summed E-state index contributed by atoms with van der Waals surface area (Å²) < 4.78 is 5.18. The van der Waals surface area contributed by atoms with E-state index < -0.39 is 11.9 Å². The zero-order valence-corrected chi connectivity index (χ0v) is 9.42. The molecule has 1 atom stereocenters. The Hall–Kier alpha value is -1.43. The Labute approximate surface area is 98.5 Å².